The molecule has 24 heavy (non-hydrogen) atoms. The van der Waals surface area contributed by atoms with Gasteiger partial charge in [0, 0.05) is 12.1 Å². The summed E-state index contributed by atoms with van der Waals surface area (Å²) in [6.45, 7) is 6.39. The Bertz CT molecular complexity index is 782. The van der Waals surface area contributed by atoms with E-state index in [9.17, 15) is 9.00 Å². The van der Waals surface area contributed by atoms with Crippen LogP contribution in [0.3, 0.4) is 0 Å². The molecule has 1 aliphatic rings. The molecule has 0 fully saturated rings. The van der Waals surface area contributed by atoms with Crippen LogP contribution in [0.4, 0.5) is 0 Å². The fourth-order valence-corrected chi connectivity index (χ4v) is 3.51. The number of hydrogen-bond donors (Lipinski definition) is 2. The van der Waals surface area contributed by atoms with Crippen LogP contribution in [0.15, 0.2) is 48.5 Å². The van der Waals surface area contributed by atoms with Gasteiger partial charge in [-0.25, -0.2) is 8.93 Å². The lowest BCUT2D eigenvalue weighted by atomic mass is 9.96. The highest BCUT2D eigenvalue weighted by molar-refractivity contribution is 7.84. The fraction of sp³-hybridized carbons (Fsp3) is 0.316. The number of nitrogens with one attached hydrogen (secondary N) is 2. The minimum absolute atomic E-state index is 0.0457. The zero-order valence-corrected chi connectivity index (χ0v) is 14.9. The summed E-state index contributed by atoms with van der Waals surface area (Å²) >= 11 is 0. The number of fused-ring (bicyclic) bond motifs is 1. The van der Waals surface area contributed by atoms with Crippen molar-refractivity contribution in [3.63, 3.8) is 0 Å². The van der Waals surface area contributed by atoms with E-state index in [1.807, 2.05) is 69.3 Å². The van der Waals surface area contributed by atoms with E-state index < -0.39 is 11.0 Å². The van der Waals surface area contributed by atoms with Crippen LogP contribution in [-0.2, 0) is 17.5 Å². The monoisotopic (exact) mass is 342 g/mol. The van der Waals surface area contributed by atoms with Gasteiger partial charge in [0.05, 0.1) is 21.8 Å². The first-order valence-corrected chi connectivity index (χ1v) is 9.15. The molecule has 0 bridgehead atoms. The standard InChI is InChI=1S/C19H22N2O2S/c1-19(2,3)24(23)21-17(13-7-5-4-6-8-13)14-9-10-15-12-20-18(22)16(15)11-14/h4-11,17,21H,12H2,1-3H3,(H,20,22). The zero-order valence-electron chi connectivity index (χ0n) is 14.1. The predicted molar refractivity (Wildman–Crippen MR) is 96.9 cm³/mol. The molecule has 2 unspecified atom stereocenters. The van der Waals surface area contributed by atoms with Crippen LogP contribution < -0.4 is 10.0 Å². The second-order valence-electron chi connectivity index (χ2n) is 6.94. The Kier molecular flexibility index (Phi) is 4.56. The van der Waals surface area contributed by atoms with E-state index >= 15 is 0 Å². The molecule has 0 aromatic heterocycles. The summed E-state index contributed by atoms with van der Waals surface area (Å²) in [6, 6.07) is 15.5. The Morgan fingerprint density at radius 1 is 1.08 bits per heavy atom. The van der Waals surface area contributed by atoms with Gasteiger partial charge in [0.1, 0.15) is 0 Å². The van der Waals surface area contributed by atoms with E-state index in [1.165, 1.54) is 0 Å². The number of carbonyl (C=O) groups excluding carboxylic acids is 1. The van der Waals surface area contributed by atoms with E-state index in [4.69, 9.17) is 0 Å². The largest absolute Gasteiger partial charge is 0.348 e. The lowest BCUT2D eigenvalue weighted by molar-refractivity contribution is 0.0965. The molecule has 2 atom stereocenters. The molecule has 2 N–H and O–H groups in total. The average molecular weight is 342 g/mol. The minimum atomic E-state index is -1.23. The molecule has 2 aromatic carbocycles. The molecule has 0 spiro atoms. The summed E-state index contributed by atoms with van der Waals surface area (Å²) in [5.74, 6) is -0.0457. The first kappa shape index (κ1) is 16.9. The summed E-state index contributed by atoms with van der Waals surface area (Å²) in [4.78, 5) is 12.0. The quantitative estimate of drug-likeness (QED) is 0.897. The van der Waals surface area contributed by atoms with Crippen molar-refractivity contribution in [1.82, 2.24) is 10.0 Å². The first-order chi connectivity index (χ1) is 11.4. The normalized spacial score (nSPS) is 16.4. The smallest absolute Gasteiger partial charge is 0.251 e. The van der Waals surface area contributed by atoms with Crippen LogP contribution >= 0.6 is 0 Å². The van der Waals surface area contributed by atoms with Gasteiger partial charge in [-0.15, -0.1) is 0 Å². The van der Waals surface area contributed by atoms with Crippen LogP contribution in [0, 0.1) is 0 Å². The van der Waals surface area contributed by atoms with Crippen molar-refractivity contribution in [3.8, 4) is 0 Å². The van der Waals surface area contributed by atoms with Crippen molar-refractivity contribution in [2.45, 2.75) is 38.1 Å². The molecule has 0 radical (unpaired) electrons. The van der Waals surface area contributed by atoms with Gasteiger partial charge in [-0.05, 0) is 43.5 Å². The Morgan fingerprint density at radius 2 is 1.79 bits per heavy atom. The van der Waals surface area contributed by atoms with Gasteiger partial charge in [-0.2, -0.15) is 0 Å². The molecule has 1 heterocycles. The van der Waals surface area contributed by atoms with Crippen molar-refractivity contribution in [2.75, 3.05) is 0 Å². The van der Waals surface area contributed by atoms with Crippen LogP contribution in [0.25, 0.3) is 0 Å². The molecule has 2 aromatic rings. The van der Waals surface area contributed by atoms with Gasteiger partial charge in [0.2, 0.25) is 0 Å². The van der Waals surface area contributed by atoms with Gasteiger partial charge < -0.3 is 5.32 Å². The SMILES string of the molecule is CC(C)(C)S(=O)NC(c1ccccc1)c1ccc2c(c1)C(=O)NC2. The van der Waals surface area contributed by atoms with Gasteiger partial charge in [-0.1, -0.05) is 42.5 Å². The molecular formula is C19H22N2O2S. The molecular weight excluding hydrogens is 320 g/mol. The second kappa shape index (κ2) is 6.49. The van der Waals surface area contributed by atoms with E-state index in [-0.39, 0.29) is 16.7 Å². The van der Waals surface area contributed by atoms with Gasteiger partial charge in [0.15, 0.2) is 0 Å². The molecule has 4 nitrogen and oxygen atoms in total. The number of amides is 1. The maximum atomic E-state index is 12.6. The Morgan fingerprint density at radius 3 is 2.46 bits per heavy atom. The zero-order chi connectivity index (χ0) is 17.3. The van der Waals surface area contributed by atoms with E-state index in [0.29, 0.717) is 12.1 Å². The summed E-state index contributed by atoms with van der Waals surface area (Å²) in [7, 11) is -1.23. The molecule has 1 amide bonds. The topological polar surface area (TPSA) is 58.2 Å². The lowest BCUT2D eigenvalue weighted by Gasteiger charge is -2.25. The van der Waals surface area contributed by atoms with E-state index in [2.05, 4.69) is 10.0 Å². The van der Waals surface area contributed by atoms with Crippen LogP contribution in [-0.4, -0.2) is 14.9 Å². The Hall–Kier alpha value is -1.98. The number of carbonyl (C=O) groups is 1. The highest BCUT2D eigenvalue weighted by atomic mass is 32.2. The number of rotatable bonds is 4. The summed E-state index contributed by atoms with van der Waals surface area (Å²) in [6.07, 6.45) is 0. The van der Waals surface area contributed by atoms with E-state index in [0.717, 1.165) is 16.7 Å². The summed E-state index contributed by atoms with van der Waals surface area (Å²) < 4.78 is 15.5. The molecule has 0 saturated heterocycles. The van der Waals surface area contributed by atoms with Crippen LogP contribution in [0.2, 0.25) is 0 Å². The number of hydrogen-bond acceptors (Lipinski definition) is 2. The first-order valence-electron chi connectivity index (χ1n) is 8.00. The molecule has 1 aliphatic heterocycles. The second-order valence-corrected chi connectivity index (χ2v) is 8.94. The lowest BCUT2D eigenvalue weighted by Crippen LogP contribution is -2.36. The average Bonchev–Trinajstić information content (AvgIpc) is 2.93. The third-order valence-electron chi connectivity index (χ3n) is 4.07. The maximum absolute atomic E-state index is 12.6. The molecule has 3 rings (SSSR count). The summed E-state index contributed by atoms with van der Waals surface area (Å²) in [5.41, 5.74) is 3.67. The Balaban J connectivity index is 2.01. The highest BCUT2D eigenvalue weighted by Crippen LogP contribution is 2.27. The third-order valence-corrected chi connectivity index (χ3v) is 5.63. The van der Waals surface area contributed by atoms with Crippen LogP contribution in [0.5, 0.6) is 0 Å². The van der Waals surface area contributed by atoms with Crippen molar-refractivity contribution < 1.29 is 9.00 Å². The van der Waals surface area contributed by atoms with Gasteiger partial charge >= 0.3 is 0 Å². The van der Waals surface area contributed by atoms with Crippen LogP contribution in [0.1, 0.15) is 53.9 Å². The van der Waals surface area contributed by atoms with Crippen molar-refractivity contribution in [3.05, 3.63) is 70.8 Å². The van der Waals surface area contributed by atoms with Crippen molar-refractivity contribution in [1.29, 1.82) is 0 Å². The van der Waals surface area contributed by atoms with Gasteiger partial charge in [0.25, 0.3) is 5.91 Å². The highest BCUT2D eigenvalue weighted by Gasteiger charge is 2.26. The minimum Gasteiger partial charge on any atom is -0.348 e. The number of benzene rings is 2. The predicted octanol–water partition coefficient (Wildman–Crippen LogP) is 3.07. The third kappa shape index (κ3) is 3.42. The Labute approximate surface area is 145 Å². The summed E-state index contributed by atoms with van der Waals surface area (Å²) in [5, 5.41) is 2.84. The van der Waals surface area contributed by atoms with Crippen molar-refractivity contribution >= 4 is 16.9 Å². The molecule has 126 valence electrons. The maximum Gasteiger partial charge on any atom is 0.251 e. The van der Waals surface area contributed by atoms with E-state index in [1.54, 1.807) is 0 Å². The molecule has 0 saturated carbocycles. The molecule has 5 heteroatoms. The van der Waals surface area contributed by atoms with Gasteiger partial charge in [-0.3, -0.25) is 4.79 Å². The fourth-order valence-electron chi connectivity index (χ4n) is 2.67. The van der Waals surface area contributed by atoms with Crippen molar-refractivity contribution in [2.24, 2.45) is 0 Å². The molecule has 0 aliphatic carbocycles.